The van der Waals surface area contributed by atoms with E-state index in [9.17, 15) is 22.8 Å². The molecule has 0 heterocycles. The second-order valence-corrected chi connectivity index (χ2v) is 5.43. The molecule has 5 nitrogen and oxygen atoms in total. The van der Waals surface area contributed by atoms with Crippen LogP contribution < -0.4 is 5.32 Å². The molecule has 1 fully saturated rings. The average Bonchev–Trinajstić information content (AvgIpc) is 3.26. The van der Waals surface area contributed by atoms with Gasteiger partial charge in [-0.1, -0.05) is 12.1 Å². The number of carbonyl (C=O) groups excluding carboxylic acids is 1. The minimum absolute atomic E-state index is 0.0164. The molecule has 1 aromatic rings. The zero-order valence-electron chi connectivity index (χ0n) is 12.3. The van der Waals surface area contributed by atoms with E-state index in [-0.39, 0.29) is 18.6 Å². The molecule has 1 aromatic carbocycles. The standard InChI is InChI=1S/C15H16F3NO4/c1-23-7-12(19-13(20)10-6-11(10)14(21)22)8-3-2-4-9(5-8)15(16,17)18/h2-5,10-12H,6-7H2,1H3,(H,19,20)(H,21,22). The Labute approximate surface area is 130 Å². The van der Waals surface area contributed by atoms with Crippen LogP contribution in [0, 0.1) is 11.8 Å². The fraction of sp³-hybridized carbons (Fsp3) is 0.467. The number of methoxy groups -OCH3 is 1. The van der Waals surface area contributed by atoms with Gasteiger partial charge in [-0.3, -0.25) is 9.59 Å². The van der Waals surface area contributed by atoms with Crippen molar-refractivity contribution >= 4 is 11.9 Å². The molecule has 0 aliphatic heterocycles. The second-order valence-electron chi connectivity index (χ2n) is 5.43. The smallest absolute Gasteiger partial charge is 0.416 e. The Kier molecular flexibility index (Phi) is 4.93. The maximum Gasteiger partial charge on any atom is 0.416 e. The number of hydrogen-bond acceptors (Lipinski definition) is 3. The predicted octanol–water partition coefficient (Wildman–Crippen LogP) is 2.23. The monoisotopic (exact) mass is 331 g/mol. The fourth-order valence-electron chi connectivity index (χ4n) is 2.36. The highest BCUT2D eigenvalue weighted by molar-refractivity contribution is 5.89. The average molecular weight is 331 g/mol. The van der Waals surface area contributed by atoms with Gasteiger partial charge in [-0.15, -0.1) is 0 Å². The van der Waals surface area contributed by atoms with E-state index in [2.05, 4.69) is 5.32 Å². The maximum absolute atomic E-state index is 12.8. The largest absolute Gasteiger partial charge is 0.481 e. The molecule has 0 bridgehead atoms. The van der Waals surface area contributed by atoms with Crippen molar-refractivity contribution in [3.63, 3.8) is 0 Å². The number of amides is 1. The lowest BCUT2D eigenvalue weighted by Gasteiger charge is -2.19. The van der Waals surface area contributed by atoms with Crippen molar-refractivity contribution in [1.29, 1.82) is 0 Å². The van der Waals surface area contributed by atoms with Gasteiger partial charge in [0.1, 0.15) is 0 Å². The number of hydrogen-bond donors (Lipinski definition) is 2. The molecule has 126 valence electrons. The highest BCUT2D eigenvalue weighted by atomic mass is 19.4. The van der Waals surface area contributed by atoms with E-state index in [1.54, 1.807) is 0 Å². The third-order valence-electron chi connectivity index (χ3n) is 3.71. The third kappa shape index (κ3) is 4.22. The number of benzene rings is 1. The number of ether oxygens (including phenoxy) is 1. The van der Waals surface area contributed by atoms with Crippen LogP contribution in [-0.4, -0.2) is 30.7 Å². The SMILES string of the molecule is COCC(NC(=O)C1CC1C(=O)O)c1cccc(C(F)(F)F)c1. The van der Waals surface area contributed by atoms with Crippen molar-refractivity contribution in [2.24, 2.45) is 11.8 Å². The molecule has 3 unspecified atom stereocenters. The van der Waals surface area contributed by atoms with Crippen LogP contribution in [-0.2, 0) is 20.5 Å². The Morgan fingerprint density at radius 2 is 2.09 bits per heavy atom. The number of carbonyl (C=O) groups is 2. The van der Waals surface area contributed by atoms with Crippen molar-refractivity contribution in [3.05, 3.63) is 35.4 Å². The maximum atomic E-state index is 12.8. The van der Waals surface area contributed by atoms with Gasteiger partial charge < -0.3 is 15.2 Å². The minimum Gasteiger partial charge on any atom is -0.481 e. The molecule has 1 amide bonds. The molecule has 3 atom stereocenters. The highest BCUT2D eigenvalue weighted by Crippen LogP contribution is 2.39. The first-order valence-corrected chi connectivity index (χ1v) is 6.93. The number of aliphatic carboxylic acids is 1. The second kappa shape index (κ2) is 6.57. The van der Waals surface area contributed by atoms with Gasteiger partial charge in [0.15, 0.2) is 0 Å². The van der Waals surface area contributed by atoms with Crippen molar-refractivity contribution < 1.29 is 32.6 Å². The summed E-state index contributed by atoms with van der Waals surface area (Å²) < 4.78 is 43.3. The normalized spacial score (nSPS) is 21.6. The van der Waals surface area contributed by atoms with E-state index in [1.165, 1.54) is 19.2 Å². The van der Waals surface area contributed by atoms with Gasteiger partial charge in [-0.05, 0) is 24.1 Å². The summed E-state index contributed by atoms with van der Waals surface area (Å²) in [6, 6.07) is 3.83. The number of rotatable bonds is 6. The number of carboxylic acids is 1. The molecule has 2 rings (SSSR count). The summed E-state index contributed by atoms with van der Waals surface area (Å²) in [5.74, 6) is -2.90. The van der Waals surface area contributed by atoms with Crippen LogP contribution in [0.15, 0.2) is 24.3 Å². The molecule has 0 aromatic heterocycles. The molecular formula is C15H16F3NO4. The van der Waals surface area contributed by atoms with Crippen molar-refractivity contribution in [1.82, 2.24) is 5.32 Å². The van der Waals surface area contributed by atoms with Gasteiger partial charge in [0, 0.05) is 7.11 Å². The van der Waals surface area contributed by atoms with Crippen LogP contribution in [0.2, 0.25) is 0 Å². The van der Waals surface area contributed by atoms with Crippen molar-refractivity contribution in [3.8, 4) is 0 Å². The highest BCUT2D eigenvalue weighted by Gasteiger charge is 2.48. The molecule has 23 heavy (non-hydrogen) atoms. The molecule has 8 heteroatoms. The van der Waals surface area contributed by atoms with Gasteiger partial charge in [0.2, 0.25) is 5.91 Å². The Bertz CT molecular complexity index is 603. The molecular weight excluding hydrogens is 315 g/mol. The zero-order chi connectivity index (χ0) is 17.2. The van der Waals surface area contributed by atoms with Crippen LogP contribution in [0.5, 0.6) is 0 Å². The van der Waals surface area contributed by atoms with Crippen LogP contribution in [0.4, 0.5) is 13.2 Å². The zero-order valence-corrected chi connectivity index (χ0v) is 12.3. The summed E-state index contributed by atoms with van der Waals surface area (Å²) in [7, 11) is 1.37. The van der Waals surface area contributed by atoms with E-state index >= 15 is 0 Å². The first kappa shape index (κ1) is 17.3. The molecule has 1 aliphatic rings. The van der Waals surface area contributed by atoms with E-state index in [1.807, 2.05) is 0 Å². The Balaban J connectivity index is 2.13. The van der Waals surface area contributed by atoms with Crippen LogP contribution in [0.1, 0.15) is 23.6 Å². The summed E-state index contributed by atoms with van der Waals surface area (Å²) in [6.07, 6.45) is -4.24. The van der Waals surface area contributed by atoms with E-state index in [0.717, 1.165) is 12.1 Å². The first-order chi connectivity index (χ1) is 10.7. The molecule has 1 saturated carbocycles. The number of carboxylic acid groups (broad SMARTS) is 1. The van der Waals surface area contributed by atoms with Crippen molar-refractivity contribution in [2.75, 3.05) is 13.7 Å². The Morgan fingerprint density at radius 3 is 2.61 bits per heavy atom. The fourth-order valence-corrected chi connectivity index (χ4v) is 2.36. The molecule has 0 radical (unpaired) electrons. The number of halogens is 3. The van der Waals surface area contributed by atoms with Crippen LogP contribution in [0.25, 0.3) is 0 Å². The summed E-state index contributed by atoms with van der Waals surface area (Å²) in [6.45, 7) is -0.0164. The third-order valence-corrected chi connectivity index (χ3v) is 3.71. The predicted molar refractivity (Wildman–Crippen MR) is 73.4 cm³/mol. The van der Waals surface area contributed by atoms with Gasteiger partial charge in [0.25, 0.3) is 0 Å². The number of nitrogens with one attached hydrogen (secondary N) is 1. The van der Waals surface area contributed by atoms with E-state index < -0.39 is 41.5 Å². The van der Waals surface area contributed by atoms with Crippen LogP contribution in [0.3, 0.4) is 0 Å². The van der Waals surface area contributed by atoms with Crippen LogP contribution >= 0.6 is 0 Å². The number of alkyl halides is 3. The topological polar surface area (TPSA) is 75.6 Å². The molecule has 2 N–H and O–H groups in total. The van der Waals surface area contributed by atoms with Gasteiger partial charge in [-0.25, -0.2) is 0 Å². The summed E-state index contributed by atoms with van der Waals surface area (Å²) >= 11 is 0. The van der Waals surface area contributed by atoms with Crippen molar-refractivity contribution in [2.45, 2.75) is 18.6 Å². The lowest BCUT2D eigenvalue weighted by molar-refractivity contribution is -0.140. The summed E-state index contributed by atoms with van der Waals surface area (Å²) in [4.78, 5) is 22.8. The molecule has 0 saturated heterocycles. The first-order valence-electron chi connectivity index (χ1n) is 6.93. The van der Waals surface area contributed by atoms with Gasteiger partial charge in [-0.2, -0.15) is 13.2 Å². The lowest BCUT2D eigenvalue weighted by atomic mass is 10.0. The van der Waals surface area contributed by atoms with E-state index in [4.69, 9.17) is 9.84 Å². The quantitative estimate of drug-likeness (QED) is 0.838. The Morgan fingerprint density at radius 1 is 1.39 bits per heavy atom. The van der Waals surface area contributed by atoms with E-state index in [0.29, 0.717) is 0 Å². The summed E-state index contributed by atoms with van der Waals surface area (Å²) in [5.41, 5.74) is -0.567. The van der Waals surface area contributed by atoms with Gasteiger partial charge in [0.05, 0.1) is 30.0 Å². The summed E-state index contributed by atoms with van der Waals surface area (Å²) in [5, 5.41) is 11.4. The Hall–Kier alpha value is -2.09. The lowest BCUT2D eigenvalue weighted by Crippen LogP contribution is -2.33. The minimum atomic E-state index is -4.48. The van der Waals surface area contributed by atoms with Gasteiger partial charge >= 0.3 is 12.1 Å². The molecule has 1 aliphatic carbocycles. The molecule has 0 spiro atoms.